The smallest absolute Gasteiger partial charge is 0.251 e. The number of aromatic nitrogens is 1. The minimum Gasteiger partial charge on any atom is -0.355 e. The molecule has 1 aromatic heterocycles. The molecule has 122 valence electrons. The molecule has 23 heavy (non-hydrogen) atoms. The first-order valence-electron chi connectivity index (χ1n) is 7.70. The predicted octanol–water partition coefficient (Wildman–Crippen LogP) is 2.01. The van der Waals surface area contributed by atoms with E-state index >= 15 is 0 Å². The molecule has 1 heterocycles. The van der Waals surface area contributed by atoms with Crippen molar-refractivity contribution in [3.8, 4) is 0 Å². The van der Waals surface area contributed by atoms with Gasteiger partial charge in [0.1, 0.15) is 5.82 Å². The predicted molar refractivity (Wildman–Crippen MR) is 93.7 cm³/mol. The molecule has 1 N–H and O–H groups in total. The fraction of sp³-hybridized carbons (Fsp3) is 0.333. The van der Waals surface area contributed by atoms with Gasteiger partial charge in [-0.1, -0.05) is 30.3 Å². The van der Waals surface area contributed by atoms with E-state index in [1.54, 1.807) is 12.3 Å². The first kappa shape index (κ1) is 17.0. The number of carbonyl (C=O) groups is 1. The van der Waals surface area contributed by atoms with Crippen LogP contribution in [-0.4, -0.2) is 50.0 Å². The SMILES string of the molecule is CN(C)CCNC(=O)c1ccnc(N(C)Cc2ccccc2)c1. The largest absolute Gasteiger partial charge is 0.355 e. The number of hydrogen-bond donors (Lipinski definition) is 1. The molecular formula is C18H24N4O. The maximum absolute atomic E-state index is 12.2. The number of likely N-dealkylation sites (N-methyl/N-ethyl adjacent to an activating group) is 1. The van der Waals surface area contributed by atoms with Gasteiger partial charge in [0, 0.05) is 38.4 Å². The standard InChI is InChI=1S/C18H24N4O/c1-21(2)12-11-20-18(23)16-9-10-19-17(13-16)22(3)14-15-7-5-4-6-8-15/h4-10,13H,11-12,14H2,1-3H3,(H,20,23). The minimum atomic E-state index is -0.0661. The summed E-state index contributed by atoms with van der Waals surface area (Å²) in [5, 5.41) is 2.92. The lowest BCUT2D eigenvalue weighted by atomic mass is 10.2. The van der Waals surface area contributed by atoms with Crippen LogP contribution in [0.15, 0.2) is 48.7 Å². The molecule has 1 amide bonds. The summed E-state index contributed by atoms with van der Waals surface area (Å²) in [6.45, 7) is 2.19. The summed E-state index contributed by atoms with van der Waals surface area (Å²) < 4.78 is 0. The first-order valence-corrected chi connectivity index (χ1v) is 7.70. The molecular weight excluding hydrogens is 288 g/mol. The molecule has 1 aromatic carbocycles. The maximum Gasteiger partial charge on any atom is 0.251 e. The summed E-state index contributed by atoms with van der Waals surface area (Å²) in [5.41, 5.74) is 1.84. The van der Waals surface area contributed by atoms with Crippen LogP contribution in [0.1, 0.15) is 15.9 Å². The van der Waals surface area contributed by atoms with Gasteiger partial charge in [0.25, 0.3) is 5.91 Å². The van der Waals surface area contributed by atoms with Crippen LogP contribution in [0.2, 0.25) is 0 Å². The van der Waals surface area contributed by atoms with Gasteiger partial charge in [-0.3, -0.25) is 4.79 Å². The monoisotopic (exact) mass is 312 g/mol. The molecule has 0 unspecified atom stereocenters. The van der Waals surface area contributed by atoms with Crippen LogP contribution in [0, 0.1) is 0 Å². The van der Waals surface area contributed by atoms with Gasteiger partial charge in [0.2, 0.25) is 0 Å². The van der Waals surface area contributed by atoms with E-state index in [1.807, 2.05) is 55.2 Å². The number of amides is 1. The lowest BCUT2D eigenvalue weighted by Gasteiger charge is -2.19. The molecule has 0 saturated heterocycles. The fourth-order valence-electron chi connectivity index (χ4n) is 2.20. The second-order valence-corrected chi connectivity index (χ2v) is 5.80. The number of carbonyl (C=O) groups excluding carboxylic acids is 1. The zero-order chi connectivity index (χ0) is 16.7. The molecule has 0 bridgehead atoms. The highest BCUT2D eigenvalue weighted by Crippen LogP contribution is 2.14. The molecule has 2 rings (SSSR count). The molecule has 0 fully saturated rings. The summed E-state index contributed by atoms with van der Waals surface area (Å²) in [6, 6.07) is 13.8. The molecule has 5 heteroatoms. The highest BCUT2D eigenvalue weighted by Gasteiger charge is 2.09. The molecule has 0 spiro atoms. The fourth-order valence-corrected chi connectivity index (χ4v) is 2.20. The van der Waals surface area contributed by atoms with Gasteiger partial charge in [0.05, 0.1) is 0 Å². The average molecular weight is 312 g/mol. The Morgan fingerprint density at radius 2 is 1.87 bits per heavy atom. The second kappa shape index (κ2) is 8.29. The molecule has 2 aromatic rings. The number of nitrogens with zero attached hydrogens (tertiary/aromatic N) is 3. The minimum absolute atomic E-state index is 0.0661. The lowest BCUT2D eigenvalue weighted by molar-refractivity contribution is 0.0951. The molecule has 5 nitrogen and oxygen atoms in total. The van der Waals surface area contributed by atoms with Crippen LogP contribution >= 0.6 is 0 Å². The molecule has 0 aliphatic heterocycles. The number of benzene rings is 1. The van der Waals surface area contributed by atoms with Gasteiger partial charge in [-0.05, 0) is 31.8 Å². The van der Waals surface area contributed by atoms with E-state index in [4.69, 9.17) is 0 Å². The summed E-state index contributed by atoms with van der Waals surface area (Å²) >= 11 is 0. The van der Waals surface area contributed by atoms with Gasteiger partial charge in [-0.15, -0.1) is 0 Å². The van der Waals surface area contributed by atoms with E-state index in [0.29, 0.717) is 12.1 Å². The summed E-state index contributed by atoms with van der Waals surface area (Å²) in [4.78, 5) is 20.6. The zero-order valence-corrected chi connectivity index (χ0v) is 14.0. The van der Waals surface area contributed by atoms with E-state index in [1.165, 1.54) is 5.56 Å². The Labute approximate surface area is 137 Å². The Balaban J connectivity index is 1.99. The van der Waals surface area contributed by atoms with Gasteiger partial charge in [0.15, 0.2) is 0 Å². The van der Waals surface area contributed by atoms with Crippen LogP contribution in [0.3, 0.4) is 0 Å². The molecule has 0 atom stereocenters. The van der Waals surface area contributed by atoms with Crippen molar-refractivity contribution in [2.75, 3.05) is 39.1 Å². The van der Waals surface area contributed by atoms with E-state index in [0.717, 1.165) is 18.9 Å². The van der Waals surface area contributed by atoms with Crippen LogP contribution in [-0.2, 0) is 6.54 Å². The maximum atomic E-state index is 12.2. The third-order valence-electron chi connectivity index (χ3n) is 3.51. The molecule has 0 radical (unpaired) electrons. The van der Waals surface area contributed by atoms with E-state index < -0.39 is 0 Å². The zero-order valence-electron chi connectivity index (χ0n) is 14.0. The number of hydrogen-bond acceptors (Lipinski definition) is 4. The van der Waals surface area contributed by atoms with Crippen LogP contribution in [0.25, 0.3) is 0 Å². The van der Waals surface area contributed by atoms with Gasteiger partial charge in [-0.2, -0.15) is 0 Å². The van der Waals surface area contributed by atoms with E-state index in [9.17, 15) is 4.79 Å². The normalized spacial score (nSPS) is 10.6. The Morgan fingerprint density at radius 1 is 1.13 bits per heavy atom. The van der Waals surface area contributed by atoms with Crippen molar-refractivity contribution in [1.82, 2.24) is 15.2 Å². The highest BCUT2D eigenvalue weighted by atomic mass is 16.1. The lowest BCUT2D eigenvalue weighted by Crippen LogP contribution is -2.31. The topological polar surface area (TPSA) is 48.5 Å². The average Bonchev–Trinajstić information content (AvgIpc) is 2.55. The Hall–Kier alpha value is -2.40. The van der Waals surface area contributed by atoms with E-state index in [-0.39, 0.29) is 5.91 Å². The molecule has 0 aliphatic rings. The van der Waals surface area contributed by atoms with Gasteiger partial charge >= 0.3 is 0 Å². The van der Waals surface area contributed by atoms with Crippen LogP contribution in [0.5, 0.6) is 0 Å². The summed E-state index contributed by atoms with van der Waals surface area (Å²) in [6.07, 6.45) is 1.68. The third-order valence-corrected chi connectivity index (χ3v) is 3.51. The first-order chi connectivity index (χ1) is 11.1. The van der Waals surface area contributed by atoms with E-state index in [2.05, 4.69) is 22.4 Å². The number of anilines is 1. The third kappa shape index (κ3) is 5.38. The highest BCUT2D eigenvalue weighted by molar-refractivity contribution is 5.94. The van der Waals surface area contributed by atoms with Crippen molar-refractivity contribution in [3.05, 3.63) is 59.8 Å². The quantitative estimate of drug-likeness (QED) is 0.850. The Morgan fingerprint density at radius 3 is 2.57 bits per heavy atom. The number of pyridine rings is 1. The Kier molecular flexibility index (Phi) is 6.11. The van der Waals surface area contributed by atoms with Gasteiger partial charge in [-0.25, -0.2) is 4.98 Å². The molecule has 0 aliphatic carbocycles. The number of rotatable bonds is 7. The number of nitrogens with one attached hydrogen (secondary N) is 1. The van der Waals surface area contributed by atoms with Crippen molar-refractivity contribution in [2.45, 2.75) is 6.54 Å². The van der Waals surface area contributed by atoms with Crippen molar-refractivity contribution in [3.63, 3.8) is 0 Å². The molecule has 0 saturated carbocycles. The van der Waals surface area contributed by atoms with Crippen molar-refractivity contribution in [2.24, 2.45) is 0 Å². The summed E-state index contributed by atoms with van der Waals surface area (Å²) in [7, 11) is 5.94. The van der Waals surface area contributed by atoms with Crippen LogP contribution < -0.4 is 10.2 Å². The second-order valence-electron chi connectivity index (χ2n) is 5.80. The van der Waals surface area contributed by atoms with Crippen LogP contribution in [0.4, 0.5) is 5.82 Å². The van der Waals surface area contributed by atoms with Crippen molar-refractivity contribution < 1.29 is 4.79 Å². The summed E-state index contributed by atoms with van der Waals surface area (Å²) in [5.74, 6) is 0.720. The van der Waals surface area contributed by atoms with Gasteiger partial charge < -0.3 is 15.1 Å². The van der Waals surface area contributed by atoms with Crippen molar-refractivity contribution >= 4 is 11.7 Å². The van der Waals surface area contributed by atoms with Crippen molar-refractivity contribution in [1.29, 1.82) is 0 Å². The Bertz CT molecular complexity index is 628.